The molecule has 0 aliphatic carbocycles. The number of carbonyl (C=O) groups excluding carboxylic acids is 1. The van der Waals surface area contributed by atoms with Gasteiger partial charge in [-0.15, -0.1) is 0 Å². The lowest BCUT2D eigenvalue weighted by Gasteiger charge is -2.28. The fraction of sp³-hybridized carbons (Fsp3) is 0.600. The van der Waals surface area contributed by atoms with Gasteiger partial charge in [0.25, 0.3) is 0 Å². The van der Waals surface area contributed by atoms with Crippen molar-refractivity contribution < 1.29 is 9.18 Å². The van der Waals surface area contributed by atoms with Gasteiger partial charge >= 0.3 is 0 Å². The summed E-state index contributed by atoms with van der Waals surface area (Å²) >= 11 is 0. The molecule has 0 aliphatic heterocycles. The largest absolute Gasteiger partial charge is 0.305 e. The number of rotatable bonds is 5. The predicted molar refractivity (Wildman–Crippen MR) is 74.6 cm³/mol. The number of carbonyl (C=O) groups is 1. The summed E-state index contributed by atoms with van der Waals surface area (Å²) < 4.78 is 12.8. The van der Waals surface area contributed by atoms with Gasteiger partial charge in [-0.2, -0.15) is 0 Å². The third-order valence-corrected chi connectivity index (χ3v) is 2.76. The molecule has 1 aromatic heterocycles. The van der Waals surface area contributed by atoms with Crippen LogP contribution in [-0.2, 0) is 0 Å². The van der Waals surface area contributed by atoms with Crippen LogP contribution in [0.5, 0.6) is 0 Å². The van der Waals surface area contributed by atoms with Crippen LogP contribution in [0.15, 0.2) is 18.3 Å². The summed E-state index contributed by atoms with van der Waals surface area (Å²) in [6.07, 6.45) is 1.08. The molecule has 106 valence electrons. The van der Waals surface area contributed by atoms with Crippen LogP contribution in [0.4, 0.5) is 4.39 Å². The molecule has 4 heteroatoms. The van der Waals surface area contributed by atoms with Gasteiger partial charge in [-0.3, -0.25) is 9.78 Å². The molecule has 19 heavy (non-hydrogen) atoms. The highest BCUT2D eigenvalue weighted by Gasteiger charge is 2.20. The second-order valence-electron chi connectivity index (χ2n) is 6.38. The van der Waals surface area contributed by atoms with E-state index in [0.29, 0.717) is 12.2 Å². The van der Waals surface area contributed by atoms with E-state index in [1.165, 1.54) is 12.1 Å². The zero-order chi connectivity index (χ0) is 14.6. The fourth-order valence-electron chi connectivity index (χ4n) is 2.20. The molecule has 1 unspecified atom stereocenters. The summed E-state index contributed by atoms with van der Waals surface area (Å²) in [5.74, 6) is -0.611. The molecule has 0 saturated carbocycles. The molecule has 0 fully saturated rings. The highest BCUT2D eigenvalue weighted by atomic mass is 19.1. The van der Waals surface area contributed by atoms with Crippen LogP contribution in [-0.4, -0.2) is 35.8 Å². The molecule has 1 heterocycles. The van der Waals surface area contributed by atoms with Crippen molar-refractivity contribution in [3.63, 3.8) is 0 Å². The van der Waals surface area contributed by atoms with Crippen LogP contribution >= 0.6 is 0 Å². The lowest BCUT2D eigenvalue weighted by atomic mass is 9.95. The number of nitrogens with zero attached hydrogens (tertiary/aromatic N) is 2. The topological polar surface area (TPSA) is 33.2 Å². The molecular weight excluding hydrogens is 243 g/mol. The van der Waals surface area contributed by atoms with Crippen LogP contribution in [0.1, 0.15) is 38.2 Å². The number of aromatic nitrogens is 1. The Balaban J connectivity index is 2.60. The van der Waals surface area contributed by atoms with E-state index in [-0.39, 0.29) is 17.1 Å². The van der Waals surface area contributed by atoms with E-state index in [2.05, 4.69) is 30.7 Å². The first kappa shape index (κ1) is 15.8. The van der Waals surface area contributed by atoms with Crippen molar-refractivity contribution in [2.24, 2.45) is 11.3 Å². The molecule has 0 bridgehead atoms. The van der Waals surface area contributed by atoms with E-state index in [1.54, 1.807) is 0 Å². The van der Waals surface area contributed by atoms with Crippen LogP contribution < -0.4 is 0 Å². The smallest absolute Gasteiger partial charge is 0.185 e. The minimum Gasteiger partial charge on any atom is -0.305 e. The molecule has 1 aromatic rings. The zero-order valence-corrected chi connectivity index (χ0v) is 12.4. The summed E-state index contributed by atoms with van der Waals surface area (Å²) in [6.45, 7) is 9.97. The normalized spacial score (nSPS) is 13.6. The van der Waals surface area contributed by atoms with Gasteiger partial charge in [0.2, 0.25) is 0 Å². The standard InChI is InChI=1S/C15H23FN2O/c1-11(9-18(5)10-15(2,3)4)14(19)13-7-6-12(16)8-17-13/h6-8,11H,9-10H2,1-5H3. The highest BCUT2D eigenvalue weighted by molar-refractivity contribution is 5.95. The molecule has 0 radical (unpaired) electrons. The summed E-state index contributed by atoms with van der Waals surface area (Å²) in [7, 11) is 2.01. The van der Waals surface area contributed by atoms with Gasteiger partial charge in [-0.05, 0) is 24.6 Å². The number of Topliss-reactive ketones (excluding diaryl/α,β-unsaturated/α-hetero) is 1. The van der Waals surface area contributed by atoms with Gasteiger partial charge in [-0.25, -0.2) is 4.39 Å². The van der Waals surface area contributed by atoms with Gasteiger partial charge < -0.3 is 4.90 Å². The molecule has 1 rings (SSSR count). The number of ketones is 1. The van der Waals surface area contributed by atoms with E-state index in [1.807, 2.05) is 14.0 Å². The van der Waals surface area contributed by atoms with Crippen molar-refractivity contribution in [2.75, 3.05) is 20.1 Å². The molecule has 3 nitrogen and oxygen atoms in total. The van der Waals surface area contributed by atoms with Gasteiger partial charge in [0, 0.05) is 19.0 Å². The van der Waals surface area contributed by atoms with Gasteiger partial charge in [0.05, 0.1) is 6.20 Å². The van der Waals surface area contributed by atoms with Crippen molar-refractivity contribution in [1.82, 2.24) is 9.88 Å². The number of hydrogen-bond donors (Lipinski definition) is 0. The van der Waals surface area contributed by atoms with E-state index in [4.69, 9.17) is 0 Å². The first-order valence-corrected chi connectivity index (χ1v) is 6.53. The van der Waals surface area contributed by atoms with Crippen molar-refractivity contribution in [1.29, 1.82) is 0 Å². The Kier molecular flexibility index (Phi) is 5.18. The Labute approximate surface area is 114 Å². The molecule has 1 atom stereocenters. The Morgan fingerprint density at radius 1 is 1.42 bits per heavy atom. The molecule has 0 aliphatic rings. The van der Waals surface area contributed by atoms with E-state index < -0.39 is 5.82 Å². The molecule has 0 N–H and O–H groups in total. The van der Waals surface area contributed by atoms with Crippen LogP contribution in [0, 0.1) is 17.2 Å². The van der Waals surface area contributed by atoms with Crippen LogP contribution in [0.3, 0.4) is 0 Å². The molecule has 0 spiro atoms. The SMILES string of the molecule is CC(CN(C)CC(C)(C)C)C(=O)c1ccc(F)cn1. The molecule has 0 saturated heterocycles. The Bertz CT molecular complexity index is 423. The summed E-state index contributed by atoms with van der Waals surface area (Å²) in [5, 5.41) is 0. The second kappa shape index (κ2) is 6.24. The maximum Gasteiger partial charge on any atom is 0.185 e. The third-order valence-electron chi connectivity index (χ3n) is 2.76. The summed E-state index contributed by atoms with van der Waals surface area (Å²) in [6, 6.07) is 2.71. The van der Waals surface area contributed by atoms with Crippen molar-refractivity contribution in [3.8, 4) is 0 Å². The third kappa shape index (κ3) is 5.47. The number of halogens is 1. The average molecular weight is 266 g/mol. The highest BCUT2D eigenvalue weighted by Crippen LogP contribution is 2.16. The maximum absolute atomic E-state index is 12.8. The van der Waals surface area contributed by atoms with E-state index in [0.717, 1.165) is 12.7 Å². The molecule has 0 aromatic carbocycles. The predicted octanol–water partition coefficient (Wildman–Crippen LogP) is 3.02. The fourth-order valence-corrected chi connectivity index (χ4v) is 2.20. The Morgan fingerprint density at radius 2 is 2.05 bits per heavy atom. The second-order valence-corrected chi connectivity index (χ2v) is 6.38. The minimum atomic E-state index is -0.422. The monoisotopic (exact) mass is 266 g/mol. The molecule has 0 amide bonds. The van der Waals surface area contributed by atoms with Gasteiger partial charge in [0.15, 0.2) is 5.78 Å². The minimum absolute atomic E-state index is 0.0410. The maximum atomic E-state index is 12.8. The van der Waals surface area contributed by atoms with Crippen LogP contribution in [0.25, 0.3) is 0 Å². The van der Waals surface area contributed by atoms with Crippen molar-refractivity contribution in [2.45, 2.75) is 27.7 Å². The van der Waals surface area contributed by atoms with Gasteiger partial charge in [-0.1, -0.05) is 27.7 Å². The Morgan fingerprint density at radius 3 is 2.53 bits per heavy atom. The Hall–Kier alpha value is -1.29. The van der Waals surface area contributed by atoms with Crippen molar-refractivity contribution >= 4 is 5.78 Å². The summed E-state index contributed by atoms with van der Waals surface area (Å²) in [4.78, 5) is 18.1. The number of hydrogen-bond acceptors (Lipinski definition) is 3. The lowest BCUT2D eigenvalue weighted by molar-refractivity contribution is 0.0884. The quantitative estimate of drug-likeness (QED) is 0.768. The lowest BCUT2D eigenvalue weighted by Crippen LogP contribution is -2.35. The van der Waals surface area contributed by atoms with Crippen LogP contribution in [0.2, 0.25) is 0 Å². The van der Waals surface area contributed by atoms with E-state index >= 15 is 0 Å². The molecular formula is C15H23FN2O. The zero-order valence-electron chi connectivity index (χ0n) is 12.4. The van der Waals surface area contributed by atoms with E-state index in [9.17, 15) is 9.18 Å². The average Bonchev–Trinajstić information content (AvgIpc) is 2.26. The first-order valence-electron chi connectivity index (χ1n) is 6.53. The first-order chi connectivity index (χ1) is 8.69. The van der Waals surface area contributed by atoms with Gasteiger partial charge in [0.1, 0.15) is 11.5 Å². The van der Waals surface area contributed by atoms with Crippen molar-refractivity contribution in [3.05, 3.63) is 29.8 Å². The summed E-state index contributed by atoms with van der Waals surface area (Å²) in [5.41, 5.74) is 0.532. The number of pyridine rings is 1.